The fraction of sp³-hybridized carbons (Fsp3) is 0.692. The Morgan fingerprint density at radius 1 is 1.35 bits per heavy atom. The van der Waals surface area contributed by atoms with E-state index in [1.165, 1.54) is 25.8 Å². The van der Waals surface area contributed by atoms with Crippen LogP contribution in [-0.4, -0.2) is 34.0 Å². The Morgan fingerprint density at radius 3 is 2.88 bits per heavy atom. The maximum atomic E-state index is 4.46. The number of anilines is 1. The molecule has 1 saturated heterocycles. The van der Waals surface area contributed by atoms with Crippen LogP contribution in [0.2, 0.25) is 0 Å². The Kier molecular flexibility index (Phi) is 4.31. The Morgan fingerprint density at radius 2 is 2.24 bits per heavy atom. The SMILES string of the molecule is CCNc1cnc(CN2CCCC2CC)cn1. The first-order valence-corrected chi connectivity index (χ1v) is 6.62. The lowest BCUT2D eigenvalue weighted by Gasteiger charge is -2.22. The van der Waals surface area contributed by atoms with Gasteiger partial charge in [0.25, 0.3) is 0 Å². The summed E-state index contributed by atoms with van der Waals surface area (Å²) in [6.45, 7) is 7.36. The van der Waals surface area contributed by atoms with E-state index in [1.54, 1.807) is 0 Å². The highest BCUT2D eigenvalue weighted by atomic mass is 15.2. The first kappa shape index (κ1) is 12.3. The van der Waals surface area contributed by atoms with Crippen molar-refractivity contribution in [1.82, 2.24) is 14.9 Å². The van der Waals surface area contributed by atoms with Crippen molar-refractivity contribution in [3.63, 3.8) is 0 Å². The van der Waals surface area contributed by atoms with Crippen LogP contribution in [0, 0.1) is 0 Å². The molecule has 1 fully saturated rings. The molecule has 0 bridgehead atoms. The monoisotopic (exact) mass is 234 g/mol. The topological polar surface area (TPSA) is 41.1 Å². The van der Waals surface area contributed by atoms with Crippen LogP contribution in [0.3, 0.4) is 0 Å². The molecule has 1 aromatic heterocycles. The van der Waals surface area contributed by atoms with Crippen LogP contribution in [0.4, 0.5) is 5.82 Å². The van der Waals surface area contributed by atoms with Crippen molar-refractivity contribution in [2.45, 2.75) is 45.7 Å². The minimum absolute atomic E-state index is 0.741. The zero-order chi connectivity index (χ0) is 12.1. The van der Waals surface area contributed by atoms with E-state index < -0.39 is 0 Å². The van der Waals surface area contributed by atoms with Gasteiger partial charge in [-0.25, -0.2) is 4.98 Å². The van der Waals surface area contributed by atoms with E-state index >= 15 is 0 Å². The van der Waals surface area contributed by atoms with Crippen molar-refractivity contribution >= 4 is 5.82 Å². The predicted molar refractivity (Wildman–Crippen MR) is 69.9 cm³/mol. The van der Waals surface area contributed by atoms with Crippen molar-refractivity contribution < 1.29 is 0 Å². The zero-order valence-electron chi connectivity index (χ0n) is 10.8. The molecule has 4 heteroatoms. The fourth-order valence-electron chi connectivity index (χ4n) is 2.48. The average Bonchev–Trinajstić information content (AvgIpc) is 2.79. The summed E-state index contributed by atoms with van der Waals surface area (Å²) in [6.07, 6.45) is 7.61. The molecule has 1 aliphatic heterocycles. The van der Waals surface area contributed by atoms with Crippen molar-refractivity contribution in [3.05, 3.63) is 18.1 Å². The van der Waals surface area contributed by atoms with Crippen LogP contribution in [-0.2, 0) is 6.54 Å². The normalized spacial score (nSPS) is 20.7. The molecule has 4 nitrogen and oxygen atoms in total. The molecule has 1 atom stereocenters. The number of aromatic nitrogens is 2. The summed E-state index contributed by atoms with van der Waals surface area (Å²) in [6, 6.07) is 0.741. The highest BCUT2D eigenvalue weighted by molar-refractivity contribution is 5.30. The lowest BCUT2D eigenvalue weighted by atomic mass is 10.2. The zero-order valence-corrected chi connectivity index (χ0v) is 10.8. The van der Waals surface area contributed by atoms with E-state index in [1.807, 2.05) is 12.4 Å². The fourth-order valence-corrected chi connectivity index (χ4v) is 2.48. The van der Waals surface area contributed by atoms with Gasteiger partial charge in [-0.15, -0.1) is 0 Å². The average molecular weight is 234 g/mol. The van der Waals surface area contributed by atoms with Crippen molar-refractivity contribution in [2.75, 3.05) is 18.4 Å². The molecule has 1 aromatic rings. The second-order valence-electron chi connectivity index (χ2n) is 4.60. The van der Waals surface area contributed by atoms with Gasteiger partial charge >= 0.3 is 0 Å². The molecule has 1 N–H and O–H groups in total. The first-order chi connectivity index (χ1) is 8.33. The molecular formula is C13H22N4. The van der Waals surface area contributed by atoms with Crippen LogP contribution in [0.15, 0.2) is 12.4 Å². The largest absolute Gasteiger partial charge is 0.369 e. The molecule has 1 unspecified atom stereocenters. The maximum absolute atomic E-state index is 4.46. The third-order valence-corrected chi connectivity index (χ3v) is 3.40. The van der Waals surface area contributed by atoms with Gasteiger partial charge in [0.15, 0.2) is 0 Å². The minimum Gasteiger partial charge on any atom is -0.369 e. The van der Waals surface area contributed by atoms with E-state index in [0.29, 0.717) is 0 Å². The van der Waals surface area contributed by atoms with Gasteiger partial charge in [-0.05, 0) is 32.7 Å². The Labute approximate surface area is 103 Å². The first-order valence-electron chi connectivity index (χ1n) is 6.62. The summed E-state index contributed by atoms with van der Waals surface area (Å²) < 4.78 is 0. The Balaban J connectivity index is 1.94. The van der Waals surface area contributed by atoms with Crippen molar-refractivity contribution in [3.8, 4) is 0 Å². The van der Waals surface area contributed by atoms with Crippen LogP contribution in [0.5, 0.6) is 0 Å². The van der Waals surface area contributed by atoms with Gasteiger partial charge in [0, 0.05) is 19.1 Å². The van der Waals surface area contributed by atoms with Crippen LogP contribution >= 0.6 is 0 Å². The molecule has 2 heterocycles. The summed E-state index contributed by atoms with van der Waals surface area (Å²) in [5, 5.41) is 3.16. The number of hydrogen-bond acceptors (Lipinski definition) is 4. The van der Waals surface area contributed by atoms with Crippen LogP contribution in [0.1, 0.15) is 38.8 Å². The highest BCUT2D eigenvalue weighted by Crippen LogP contribution is 2.21. The maximum Gasteiger partial charge on any atom is 0.144 e. The number of hydrogen-bond donors (Lipinski definition) is 1. The molecule has 2 rings (SSSR count). The highest BCUT2D eigenvalue weighted by Gasteiger charge is 2.22. The molecule has 0 saturated carbocycles. The molecule has 0 radical (unpaired) electrons. The molecule has 0 aliphatic carbocycles. The van der Waals surface area contributed by atoms with E-state index in [-0.39, 0.29) is 0 Å². The van der Waals surface area contributed by atoms with E-state index in [9.17, 15) is 0 Å². The predicted octanol–water partition coefficient (Wildman–Crippen LogP) is 2.28. The second kappa shape index (κ2) is 5.96. The summed E-state index contributed by atoms with van der Waals surface area (Å²) in [4.78, 5) is 11.3. The smallest absolute Gasteiger partial charge is 0.144 e. The van der Waals surface area contributed by atoms with Gasteiger partial charge < -0.3 is 5.32 Å². The summed E-state index contributed by atoms with van der Waals surface area (Å²) in [5.41, 5.74) is 1.08. The van der Waals surface area contributed by atoms with Crippen LogP contribution < -0.4 is 5.32 Å². The molecule has 17 heavy (non-hydrogen) atoms. The van der Waals surface area contributed by atoms with Gasteiger partial charge in [0.05, 0.1) is 18.1 Å². The molecule has 0 spiro atoms. The lowest BCUT2D eigenvalue weighted by molar-refractivity contribution is 0.237. The van der Waals surface area contributed by atoms with Crippen molar-refractivity contribution in [2.24, 2.45) is 0 Å². The van der Waals surface area contributed by atoms with E-state index in [0.717, 1.165) is 30.6 Å². The quantitative estimate of drug-likeness (QED) is 0.848. The molecule has 0 aromatic carbocycles. The molecular weight excluding hydrogens is 212 g/mol. The van der Waals surface area contributed by atoms with Gasteiger partial charge in [0.1, 0.15) is 5.82 Å². The number of nitrogens with zero attached hydrogens (tertiary/aromatic N) is 3. The third kappa shape index (κ3) is 3.16. The summed E-state index contributed by atoms with van der Waals surface area (Å²) in [7, 11) is 0. The molecule has 1 aliphatic rings. The minimum atomic E-state index is 0.741. The van der Waals surface area contributed by atoms with Gasteiger partial charge in [0.2, 0.25) is 0 Å². The van der Waals surface area contributed by atoms with Gasteiger partial charge in [-0.2, -0.15) is 0 Å². The summed E-state index contributed by atoms with van der Waals surface area (Å²) in [5.74, 6) is 0.865. The lowest BCUT2D eigenvalue weighted by Crippen LogP contribution is -2.28. The molecule has 0 amide bonds. The Bertz CT molecular complexity index is 336. The van der Waals surface area contributed by atoms with Gasteiger partial charge in [-0.1, -0.05) is 6.92 Å². The summed E-state index contributed by atoms with van der Waals surface area (Å²) >= 11 is 0. The van der Waals surface area contributed by atoms with E-state index in [2.05, 4.69) is 34.0 Å². The third-order valence-electron chi connectivity index (χ3n) is 3.40. The second-order valence-corrected chi connectivity index (χ2v) is 4.60. The number of likely N-dealkylation sites (tertiary alicyclic amines) is 1. The van der Waals surface area contributed by atoms with Crippen LogP contribution in [0.25, 0.3) is 0 Å². The van der Waals surface area contributed by atoms with Crippen molar-refractivity contribution in [1.29, 1.82) is 0 Å². The van der Waals surface area contributed by atoms with E-state index in [4.69, 9.17) is 0 Å². The molecule has 94 valence electrons. The van der Waals surface area contributed by atoms with Gasteiger partial charge in [-0.3, -0.25) is 9.88 Å². The standard InChI is InChI=1S/C13H22N4/c1-3-12-6-5-7-17(12)10-11-8-16-13(9-15-11)14-4-2/h8-9,12H,3-7,10H2,1-2H3,(H,14,16). The number of rotatable bonds is 5. The number of nitrogens with one attached hydrogen (secondary N) is 1. The Hall–Kier alpha value is -1.16.